The molecule has 0 radical (unpaired) electrons. The molecule has 3 aromatic rings. The third-order valence-corrected chi connectivity index (χ3v) is 3.52. The number of anilines is 2. The lowest BCUT2D eigenvalue weighted by atomic mass is 10.2. The predicted molar refractivity (Wildman–Crippen MR) is 89.0 cm³/mol. The standard InChI is InChI=1S/C17H19FN4O/c1-11-4-5-13(15(8-11)23-9-12(2)18)21-17-16-14(19-10-20-17)6-7-22(16)3/h4-8,10,12H,9H2,1-3H3,(H,19,20,21). The van der Waals surface area contributed by atoms with Gasteiger partial charge in [-0.05, 0) is 37.6 Å². The molecule has 0 aliphatic carbocycles. The number of benzene rings is 1. The number of hydrogen-bond acceptors (Lipinski definition) is 4. The van der Waals surface area contributed by atoms with Crippen molar-refractivity contribution in [3.8, 4) is 5.75 Å². The number of ether oxygens (including phenoxy) is 1. The first-order valence-corrected chi connectivity index (χ1v) is 7.45. The molecule has 0 bridgehead atoms. The highest BCUT2D eigenvalue weighted by molar-refractivity contribution is 5.88. The number of nitrogens with zero attached hydrogens (tertiary/aromatic N) is 3. The Morgan fingerprint density at radius 3 is 2.91 bits per heavy atom. The van der Waals surface area contributed by atoms with E-state index in [1.807, 2.05) is 49.0 Å². The molecule has 0 amide bonds. The number of rotatable bonds is 5. The summed E-state index contributed by atoms with van der Waals surface area (Å²) in [4.78, 5) is 8.57. The first-order chi connectivity index (χ1) is 11.0. The number of alkyl halides is 1. The molecular weight excluding hydrogens is 295 g/mol. The predicted octanol–water partition coefficient (Wildman–Crippen LogP) is 3.76. The van der Waals surface area contributed by atoms with Crippen LogP contribution in [-0.4, -0.2) is 27.3 Å². The summed E-state index contributed by atoms with van der Waals surface area (Å²) in [6.45, 7) is 3.46. The molecular formula is C17H19FN4O. The molecule has 0 spiro atoms. The van der Waals surface area contributed by atoms with Crippen LogP contribution < -0.4 is 10.1 Å². The molecule has 1 atom stereocenters. The van der Waals surface area contributed by atoms with Crippen LogP contribution in [-0.2, 0) is 7.05 Å². The third kappa shape index (κ3) is 3.26. The summed E-state index contributed by atoms with van der Waals surface area (Å²) in [5, 5.41) is 3.27. The molecule has 6 heteroatoms. The van der Waals surface area contributed by atoms with Gasteiger partial charge in [-0.3, -0.25) is 0 Å². The van der Waals surface area contributed by atoms with Gasteiger partial charge in [0.15, 0.2) is 5.82 Å². The fourth-order valence-corrected chi connectivity index (χ4v) is 2.39. The summed E-state index contributed by atoms with van der Waals surface area (Å²) in [7, 11) is 1.94. The fourth-order valence-electron chi connectivity index (χ4n) is 2.39. The maximum atomic E-state index is 13.1. The van der Waals surface area contributed by atoms with Crippen LogP contribution in [0.3, 0.4) is 0 Å². The van der Waals surface area contributed by atoms with E-state index in [0.717, 1.165) is 22.3 Å². The van der Waals surface area contributed by atoms with Gasteiger partial charge in [-0.2, -0.15) is 0 Å². The maximum Gasteiger partial charge on any atom is 0.158 e. The Kier molecular flexibility index (Phi) is 4.14. The maximum absolute atomic E-state index is 13.1. The van der Waals surface area contributed by atoms with Crippen LogP contribution in [0, 0.1) is 6.92 Å². The van der Waals surface area contributed by atoms with E-state index in [9.17, 15) is 4.39 Å². The van der Waals surface area contributed by atoms with Crippen molar-refractivity contribution in [1.29, 1.82) is 0 Å². The van der Waals surface area contributed by atoms with Crippen molar-refractivity contribution in [3.05, 3.63) is 42.4 Å². The molecule has 0 aliphatic rings. The summed E-state index contributed by atoms with van der Waals surface area (Å²) >= 11 is 0. The lowest BCUT2D eigenvalue weighted by Crippen LogP contribution is -2.10. The second-order valence-electron chi connectivity index (χ2n) is 5.60. The van der Waals surface area contributed by atoms with Gasteiger partial charge in [-0.25, -0.2) is 14.4 Å². The average Bonchev–Trinajstić information content (AvgIpc) is 2.90. The molecule has 5 nitrogen and oxygen atoms in total. The van der Waals surface area contributed by atoms with E-state index in [1.54, 1.807) is 0 Å². The Labute approximate surface area is 134 Å². The van der Waals surface area contributed by atoms with Gasteiger partial charge in [0.25, 0.3) is 0 Å². The largest absolute Gasteiger partial charge is 0.488 e. The van der Waals surface area contributed by atoms with Crippen LogP contribution in [0.5, 0.6) is 5.75 Å². The monoisotopic (exact) mass is 314 g/mol. The molecule has 120 valence electrons. The van der Waals surface area contributed by atoms with E-state index >= 15 is 0 Å². The van der Waals surface area contributed by atoms with Crippen LogP contribution in [0.25, 0.3) is 11.0 Å². The van der Waals surface area contributed by atoms with E-state index in [1.165, 1.54) is 13.3 Å². The van der Waals surface area contributed by atoms with Gasteiger partial charge < -0.3 is 14.6 Å². The van der Waals surface area contributed by atoms with Crippen molar-refractivity contribution >= 4 is 22.5 Å². The summed E-state index contributed by atoms with van der Waals surface area (Å²) in [5.74, 6) is 1.29. The summed E-state index contributed by atoms with van der Waals surface area (Å²) in [6, 6.07) is 7.69. The minimum atomic E-state index is -1.03. The first kappa shape index (κ1) is 15.3. The van der Waals surface area contributed by atoms with Crippen LogP contribution in [0.1, 0.15) is 12.5 Å². The highest BCUT2D eigenvalue weighted by Crippen LogP contribution is 2.31. The summed E-state index contributed by atoms with van der Waals surface area (Å²) in [5.41, 5.74) is 3.55. The molecule has 0 saturated heterocycles. The van der Waals surface area contributed by atoms with Gasteiger partial charge in [-0.15, -0.1) is 0 Å². The molecule has 2 heterocycles. The molecule has 1 aromatic carbocycles. The molecule has 3 rings (SSSR count). The molecule has 1 N–H and O–H groups in total. The van der Waals surface area contributed by atoms with Crippen molar-refractivity contribution in [2.75, 3.05) is 11.9 Å². The zero-order valence-corrected chi connectivity index (χ0v) is 13.4. The Morgan fingerprint density at radius 1 is 1.30 bits per heavy atom. The number of aromatic nitrogens is 3. The number of aryl methyl sites for hydroxylation is 2. The van der Waals surface area contributed by atoms with E-state index in [-0.39, 0.29) is 6.61 Å². The Balaban J connectivity index is 1.97. The van der Waals surface area contributed by atoms with Crippen LogP contribution >= 0.6 is 0 Å². The normalized spacial score (nSPS) is 12.3. The molecule has 23 heavy (non-hydrogen) atoms. The van der Waals surface area contributed by atoms with Gasteiger partial charge in [0.05, 0.1) is 11.2 Å². The van der Waals surface area contributed by atoms with Crippen LogP contribution in [0.4, 0.5) is 15.9 Å². The van der Waals surface area contributed by atoms with E-state index in [4.69, 9.17) is 4.74 Å². The Morgan fingerprint density at radius 2 is 2.13 bits per heavy atom. The Bertz CT molecular complexity index is 829. The topological polar surface area (TPSA) is 52.0 Å². The smallest absolute Gasteiger partial charge is 0.158 e. The summed E-state index contributed by atoms with van der Waals surface area (Å²) < 4.78 is 20.6. The van der Waals surface area contributed by atoms with E-state index in [2.05, 4.69) is 15.3 Å². The van der Waals surface area contributed by atoms with Gasteiger partial charge >= 0.3 is 0 Å². The lowest BCUT2D eigenvalue weighted by Gasteiger charge is -2.15. The Hall–Kier alpha value is -2.63. The lowest BCUT2D eigenvalue weighted by molar-refractivity contribution is 0.210. The third-order valence-electron chi connectivity index (χ3n) is 3.52. The van der Waals surface area contributed by atoms with Crippen molar-refractivity contribution in [1.82, 2.24) is 14.5 Å². The number of nitrogens with one attached hydrogen (secondary N) is 1. The van der Waals surface area contributed by atoms with Crippen molar-refractivity contribution < 1.29 is 9.13 Å². The molecule has 0 saturated carbocycles. The second kappa shape index (κ2) is 6.24. The van der Waals surface area contributed by atoms with Gasteiger partial charge in [0, 0.05) is 13.2 Å². The minimum absolute atomic E-state index is 0.0153. The highest BCUT2D eigenvalue weighted by Gasteiger charge is 2.11. The molecule has 2 aromatic heterocycles. The molecule has 1 unspecified atom stereocenters. The van der Waals surface area contributed by atoms with Gasteiger partial charge in [-0.1, -0.05) is 6.07 Å². The summed E-state index contributed by atoms with van der Waals surface area (Å²) in [6.07, 6.45) is 2.42. The number of hydrogen-bond donors (Lipinski definition) is 1. The number of fused-ring (bicyclic) bond motifs is 1. The zero-order chi connectivity index (χ0) is 16.4. The SMILES string of the molecule is Cc1ccc(Nc2ncnc3ccn(C)c23)c(OCC(C)F)c1. The van der Waals surface area contributed by atoms with Gasteiger partial charge in [0.1, 0.15) is 30.4 Å². The molecule has 0 aliphatic heterocycles. The first-order valence-electron chi connectivity index (χ1n) is 7.45. The van der Waals surface area contributed by atoms with Crippen molar-refractivity contribution in [2.45, 2.75) is 20.0 Å². The van der Waals surface area contributed by atoms with Crippen LogP contribution in [0.2, 0.25) is 0 Å². The molecule has 0 fully saturated rings. The number of halogens is 1. The quantitative estimate of drug-likeness (QED) is 0.779. The van der Waals surface area contributed by atoms with Crippen LogP contribution in [0.15, 0.2) is 36.8 Å². The fraction of sp³-hybridized carbons (Fsp3) is 0.294. The van der Waals surface area contributed by atoms with Crippen molar-refractivity contribution in [3.63, 3.8) is 0 Å². The van der Waals surface area contributed by atoms with Crippen molar-refractivity contribution in [2.24, 2.45) is 7.05 Å². The minimum Gasteiger partial charge on any atom is -0.488 e. The highest BCUT2D eigenvalue weighted by atomic mass is 19.1. The van der Waals surface area contributed by atoms with E-state index in [0.29, 0.717) is 11.6 Å². The van der Waals surface area contributed by atoms with Gasteiger partial charge in [0.2, 0.25) is 0 Å². The average molecular weight is 314 g/mol. The second-order valence-corrected chi connectivity index (χ2v) is 5.60. The zero-order valence-electron chi connectivity index (χ0n) is 13.4. The van der Waals surface area contributed by atoms with E-state index < -0.39 is 6.17 Å².